The van der Waals surface area contributed by atoms with Gasteiger partial charge in [0.25, 0.3) is 0 Å². The number of hydrogen-bond acceptors (Lipinski definition) is 5. The highest BCUT2D eigenvalue weighted by Crippen LogP contribution is 2.28. The lowest BCUT2D eigenvalue weighted by atomic mass is 10.1. The second-order valence-electron chi connectivity index (χ2n) is 6.13. The molecule has 0 aliphatic carbocycles. The molecule has 0 radical (unpaired) electrons. The van der Waals surface area contributed by atoms with Gasteiger partial charge in [0.1, 0.15) is 23.7 Å². The third kappa shape index (κ3) is 4.49. The van der Waals surface area contributed by atoms with Gasteiger partial charge < -0.3 is 13.9 Å². The van der Waals surface area contributed by atoms with Gasteiger partial charge in [0, 0.05) is 18.6 Å². The molecule has 5 heteroatoms. The molecule has 28 heavy (non-hydrogen) atoms. The first-order valence-corrected chi connectivity index (χ1v) is 9.23. The third-order valence-electron chi connectivity index (χ3n) is 4.23. The molecule has 1 heterocycles. The summed E-state index contributed by atoms with van der Waals surface area (Å²) in [5.74, 6) is 0.617. The summed E-state index contributed by atoms with van der Waals surface area (Å²) in [6.07, 6.45) is 3.64. The van der Waals surface area contributed by atoms with Crippen LogP contribution in [-0.2, 0) is 22.6 Å². The largest absolute Gasteiger partial charge is 0.493 e. The van der Waals surface area contributed by atoms with Gasteiger partial charge >= 0.3 is 5.97 Å². The number of rotatable bonds is 7. The lowest BCUT2D eigenvalue weighted by molar-refractivity contribution is -0.138. The van der Waals surface area contributed by atoms with E-state index >= 15 is 0 Å². The number of fused-ring (bicyclic) bond motifs is 1. The van der Waals surface area contributed by atoms with Crippen molar-refractivity contribution in [2.45, 2.75) is 26.9 Å². The van der Waals surface area contributed by atoms with Crippen molar-refractivity contribution >= 4 is 23.0 Å². The molecule has 2 aromatic carbocycles. The van der Waals surface area contributed by atoms with Crippen LogP contribution in [0.2, 0.25) is 0 Å². The summed E-state index contributed by atoms with van der Waals surface area (Å²) in [5, 5.41) is 0.437. The first-order chi connectivity index (χ1) is 13.6. The molecular weight excluding hydrogens is 356 g/mol. The van der Waals surface area contributed by atoms with Gasteiger partial charge in [0.05, 0.1) is 17.6 Å². The number of carbonyl (C=O) groups excluding carboxylic acids is 1. The fourth-order valence-electron chi connectivity index (χ4n) is 2.83. The molecule has 0 fully saturated rings. The number of ether oxygens (including phenoxy) is 2. The molecule has 5 nitrogen and oxygen atoms in total. The van der Waals surface area contributed by atoms with Crippen LogP contribution in [0.1, 0.15) is 30.7 Å². The van der Waals surface area contributed by atoms with Crippen LogP contribution in [0.5, 0.6) is 5.75 Å². The molecule has 0 amide bonds. The zero-order valence-electron chi connectivity index (χ0n) is 15.9. The standard InChI is InChI=1S/C23H22O5/c1-3-17-14-20(24)18-11-12-21(26-4-2)19(23(18)28-17)15-27-22(25)13-10-16-8-6-5-7-9-16/h5-14H,3-4,15H2,1-2H3/b13-10+. The molecule has 0 saturated heterocycles. The zero-order valence-corrected chi connectivity index (χ0v) is 15.9. The molecule has 0 saturated carbocycles. The topological polar surface area (TPSA) is 65.7 Å². The Morgan fingerprint density at radius 1 is 1.11 bits per heavy atom. The summed E-state index contributed by atoms with van der Waals surface area (Å²) >= 11 is 0. The second kappa shape index (κ2) is 9.04. The Labute approximate surface area is 163 Å². The van der Waals surface area contributed by atoms with Crippen LogP contribution in [-0.4, -0.2) is 12.6 Å². The molecule has 3 rings (SSSR count). The minimum absolute atomic E-state index is 0.0548. The van der Waals surface area contributed by atoms with Crippen LogP contribution in [0.4, 0.5) is 0 Å². The van der Waals surface area contributed by atoms with Crippen molar-refractivity contribution in [3.8, 4) is 5.75 Å². The van der Waals surface area contributed by atoms with E-state index in [1.54, 1.807) is 18.2 Å². The van der Waals surface area contributed by atoms with Gasteiger partial charge in [-0.15, -0.1) is 0 Å². The van der Waals surface area contributed by atoms with E-state index in [1.165, 1.54) is 12.1 Å². The van der Waals surface area contributed by atoms with Crippen molar-refractivity contribution < 1.29 is 18.7 Å². The molecule has 3 aromatic rings. The number of hydrogen-bond donors (Lipinski definition) is 0. The summed E-state index contributed by atoms with van der Waals surface area (Å²) < 4.78 is 16.9. The van der Waals surface area contributed by atoms with Gasteiger partial charge in [0.2, 0.25) is 0 Å². The van der Waals surface area contributed by atoms with Crippen molar-refractivity contribution in [1.29, 1.82) is 0 Å². The second-order valence-corrected chi connectivity index (χ2v) is 6.13. The highest BCUT2D eigenvalue weighted by Gasteiger charge is 2.16. The quantitative estimate of drug-likeness (QED) is 0.447. The molecule has 144 valence electrons. The summed E-state index contributed by atoms with van der Waals surface area (Å²) in [6.45, 7) is 4.16. The average Bonchev–Trinajstić information content (AvgIpc) is 2.72. The monoisotopic (exact) mass is 378 g/mol. The molecule has 0 unspecified atom stereocenters. The van der Waals surface area contributed by atoms with Gasteiger partial charge in [-0.1, -0.05) is 37.3 Å². The maximum atomic E-state index is 12.4. The van der Waals surface area contributed by atoms with E-state index in [9.17, 15) is 9.59 Å². The van der Waals surface area contributed by atoms with Gasteiger partial charge in [0.15, 0.2) is 5.43 Å². The summed E-state index contributed by atoms with van der Waals surface area (Å²) in [7, 11) is 0. The first kappa shape index (κ1) is 19.4. The van der Waals surface area contributed by atoms with Crippen LogP contribution in [0, 0.1) is 0 Å². The third-order valence-corrected chi connectivity index (χ3v) is 4.23. The summed E-state index contributed by atoms with van der Waals surface area (Å²) in [5.41, 5.74) is 1.72. The molecule has 0 aliphatic heterocycles. The highest BCUT2D eigenvalue weighted by molar-refractivity contribution is 5.87. The van der Waals surface area contributed by atoms with Crippen LogP contribution >= 0.6 is 0 Å². The Morgan fingerprint density at radius 3 is 2.61 bits per heavy atom. The fourth-order valence-corrected chi connectivity index (χ4v) is 2.83. The van der Waals surface area contributed by atoms with Crippen molar-refractivity contribution in [2.75, 3.05) is 6.61 Å². The number of benzene rings is 2. The minimum atomic E-state index is -0.489. The van der Waals surface area contributed by atoms with Crippen molar-refractivity contribution in [1.82, 2.24) is 0 Å². The zero-order chi connectivity index (χ0) is 19.9. The van der Waals surface area contributed by atoms with Crippen molar-refractivity contribution in [3.63, 3.8) is 0 Å². The molecule has 0 bridgehead atoms. The Bertz CT molecular complexity index is 1050. The van der Waals surface area contributed by atoms with E-state index in [-0.39, 0.29) is 12.0 Å². The maximum absolute atomic E-state index is 12.4. The van der Waals surface area contributed by atoms with E-state index in [0.717, 1.165) is 5.56 Å². The maximum Gasteiger partial charge on any atom is 0.331 e. The fraction of sp³-hybridized carbons (Fsp3) is 0.217. The van der Waals surface area contributed by atoms with E-state index in [0.29, 0.717) is 41.1 Å². The first-order valence-electron chi connectivity index (χ1n) is 9.23. The molecule has 1 aromatic heterocycles. The highest BCUT2D eigenvalue weighted by atomic mass is 16.5. The SMILES string of the molecule is CCOc1ccc2c(=O)cc(CC)oc2c1COC(=O)/C=C/c1ccccc1. The lowest BCUT2D eigenvalue weighted by Gasteiger charge is -2.13. The Kier molecular flexibility index (Phi) is 6.27. The molecule has 0 N–H and O–H groups in total. The van der Waals surface area contributed by atoms with Crippen LogP contribution in [0.15, 0.2) is 63.8 Å². The van der Waals surface area contributed by atoms with E-state index in [2.05, 4.69) is 0 Å². The van der Waals surface area contributed by atoms with Crippen LogP contribution < -0.4 is 10.2 Å². The Balaban J connectivity index is 1.88. The van der Waals surface area contributed by atoms with Crippen LogP contribution in [0.25, 0.3) is 17.0 Å². The predicted octanol–water partition coefficient (Wildman–Crippen LogP) is 4.51. The average molecular weight is 378 g/mol. The van der Waals surface area contributed by atoms with Gasteiger partial charge in [-0.25, -0.2) is 4.79 Å². The smallest absolute Gasteiger partial charge is 0.331 e. The Morgan fingerprint density at radius 2 is 1.89 bits per heavy atom. The lowest BCUT2D eigenvalue weighted by Crippen LogP contribution is -2.08. The molecule has 0 atom stereocenters. The molecule has 0 aliphatic rings. The van der Waals surface area contributed by atoms with Gasteiger partial charge in [-0.3, -0.25) is 4.79 Å². The summed E-state index contributed by atoms with van der Waals surface area (Å²) in [4.78, 5) is 24.5. The number of aryl methyl sites for hydroxylation is 1. The van der Waals surface area contributed by atoms with Crippen molar-refractivity contribution in [3.05, 3.63) is 81.7 Å². The van der Waals surface area contributed by atoms with E-state index in [1.807, 2.05) is 44.2 Å². The summed E-state index contributed by atoms with van der Waals surface area (Å²) in [6, 6.07) is 14.3. The molecule has 0 spiro atoms. The van der Waals surface area contributed by atoms with E-state index < -0.39 is 5.97 Å². The number of carbonyl (C=O) groups is 1. The molecular formula is C23H22O5. The Hall–Kier alpha value is -3.34. The van der Waals surface area contributed by atoms with E-state index in [4.69, 9.17) is 13.9 Å². The van der Waals surface area contributed by atoms with Gasteiger partial charge in [-0.2, -0.15) is 0 Å². The number of esters is 1. The van der Waals surface area contributed by atoms with Crippen molar-refractivity contribution in [2.24, 2.45) is 0 Å². The van der Waals surface area contributed by atoms with Crippen LogP contribution in [0.3, 0.4) is 0 Å². The normalized spacial score (nSPS) is 11.1. The van der Waals surface area contributed by atoms with Gasteiger partial charge in [-0.05, 0) is 30.7 Å². The minimum Gasteiger partial charge on any atom is -0.493 e. The predicted molar refractivity (Wildman–Crippen MR) is 108 cm³/mol.